The maximum absolute atomic E-state index is 12.0. The predicted molar refractivity (Wildman–Crippen MR) is 65.5 cm³/mol. The van der Waals surface area contributed by atoms with Crippen molar-refractivity contribution in [1.29, 1.82) is 0 Å². The van der Waals surface area contributed by atoms with Crippen LogP contribution >= 0.6 is 0 Å². The lowest BCUT2D eigenvalue weighted by molar-refractivity contribution is -0.115. The summed E-state index contributed by atoms with van der Waals surface area (Å²) in [5.74, 6) is 0.0504. The van der Waals surface area contributed by atoms with E-state index in [1.165, 1.54) is 25.7 Å². The first kappa shape index (κ1) is 11.6. The molecule has 0 aromatic rings. The third-order valence-electron chi connectivity index (χ3n) is 3.53. The summed E-state index contributed by atoms with van der Waals surface area (Å²) in [5.41, 5.74) is 0.338. The Morgan fingerprint density at radius 2 is 1.69 bits per heavy atom. The van der Waals surface area contributed by atoms with Crippen LogP contribution in [0.1, 0.15) is 59.3 Å². The topological polar surface area (TPSA) is 41.5 Å². The summed E-state index contributed by atoms with van der Waals surface area (Å²) in [7, 11) is 0. The van der Waals surface area contributed by atoms with E-state index >= 15 is 0 Å². The number of hydrogen-bond acceptors (Lipinski definition) is 2. The molecule has 1 N–H and O–H groups in total. The van der Waals surface area contributed by atoms with Crippen molar-refractivity contribution in [3.63, 3.8) is 0 Å². The summed E-state index contributed by atoms with van der Waals surface area (Å²) >= 11 is 0. The van der Waals surface area contributed by atoms with Crippen LogP contribution in [-0.2, 0) is 4.79 Å². The van der Waals surface area contributed by atoms with Gasteiger partial charge in [-0.3, -0.25) is 9.79 Å². The van der Waals surface area contributed by atoms with Gasteiger partial charge in [-0.25, -0.2) is 0 Å². The predicted octanol–water partition coefficient (Wildman–Crippen LogP) is 2.65. The Morgan fingerprint density at radius 3 is 2.12 bits per heavy atom. The van der Waals surface area contributed by atoms with Crippen LogP contribution in [0, 0.1) is 5.41 Å². The van der Waals surface area contributed by atoms with E-state index in [0.29, 0.717) is 0 Å². The Hall–Kier alpha value is -0.860. The average Bonchev–Trinajstić information content (AvgIpc) is 2.36. The minimum absolute atomic E-state index is 0.0504. The Kier molecular flexibility index (Phi) is 2.81. The number of nitrogens with one attached hydrogen (secondary N) is 1. The lowest BCUT2D eigenvalue weighted by Crippen LogP contribution is -2.42. The maximum Gasteiger partial charge on any atom is 0.267 e. The molecule has 3 nitrogen and oxygen atoms in total. The van der Waals surface area contributed by atoms with Gasteiger partial charge in [0.05, 0.1) is 0 Å². The van der Waals surface area contributed by atoms with Gasteiger partial charge in [-0.1, -0.05) is 33.6 Å². The maximum atomic E-state index is 12.0. The van der Waals surface area contributed by atoms with Gasteiger partial charge < -0.3 is 5.32 Å². The molecular formula is C13H22N2O. The largest absolute Gasteiger partial charge is 0.327 e. The van der Waals surface area contributed by atoms with Crippen LogP contribution in [0.25, 0.3) is 0 Å². The second kappa shape index (κ2) is 3.86. The monoisotopic (exact) mass is 222 g/mol. The summed E-state index contributed by atoms with van der Waals surface area (Å²) in [5, 5.41) is 3.12. The highest BCUT2D eigenvalue weighted by atomic mass is 16.2. The molecule has 1 amide bonds. The molecule has 2 rings (SSSR count). The summed E-state index contributed by atoms with van der Waals surface area (Å²) in [4.78, 5) is 16.7. The Bertz CT molecular complexity index is 317. The van der Waals surface area contributed by atoms with E-state index in [0.717, 1.165) is 18.6 Å². The van der Waals surface area contributed by atoms with E-state index < -0.39 is 0 Å². The molecule has 0 saturated heterocycles. The van der Waals surface area contributed by atoms with Gasteiger partial charge in [0.25, 0.3) is 5.91 Å². The molecule has 0 atom stereocenters. The second-order valence-electron chi connectivity index (χ2n) is 6.11. The highest BCUT2D eigenvalue weighted by Gasteiger charge is 2.42. The number of carbonyl (C=O) groups excluding carboxylic acids is 1. The van der Waals surface area contributed by atoms with Crippen LogP contribution in [0.3, 0.4) is 0 Å². The molecule has 1 heterocycles. The van der Waals surface area contributed by atoms with E-state index in [1.807, 2.05) is 0 Å². The molecule has 1 aliphatic carbocycles. The van der Waals surface area contributed by atoms with Crippen LogP contribution < -0.4 is 5.32 Å². The van der Waals surface area contributed by atoms with E-state index in [2.05, 4.69) is 26.1 Å². The molecule has 1 saturated carbocycles. The third-order valence-corrected chi connectivity index (χ3v) is 3.53. The van der Waals surface area contributed by atoms with Crippen LogP contribution in [0.4, 0.5) is 0 Å². The average molecular weight is 222 g/mol. The van der Waals surface area contributed by atoms with Gasteiger partial charge in [-0.15, -0.1) is 0 Å². The van der Waals surface area contributed by atoms with Gasteiger partial charge in [0.2, 0.25) is 0 Å². The zero-order valence-electron chi connectivity index (χ0n) is 10.6. The highest BCUT2D eigenvalue weighted by molar-refractivity contribution is 6.42. The molecular weight excluding hydrogens is 200 g/mol. The minimum atomic E-state index is -0.254. The van der Waals surface area contributed by atoms with Crippen molar-refractivity contribution in [2.45, 2.75) is 65.0 Å². The normalized spacial score (nSPS) is 25.2. The van der Waals surface area contributed by atoms with Gasteiger partial charge in [0, 0.05) is 5.41 Å². The molecule has 1 aliphatic heterocycles. The van der Waals surface area contributed by atoms with Crippen LogP contribution in [0.15, 0.2) is 4.99 Å². The summed E-state index contributed by atoms with van der Waals surface area (Å²) in [6, 6.07) is 0. The van der Waals surface area contributed by atoms with Gasteiger partial charge >= 0.3 is 0 Å². The van der Waals surface area contributed by atoms with E-state index in [4.69, 9.17) is 4.99 Å². The molecule has 0 unspecified atom stereocenters. The molecule has 1 spiro atoms. The number of carbonyl (C=O) groups is 1. The van der Waals surface area contributed by atoms with Crippen molar-refractivity contribution in [2.24, 2.45) is 10.4 Å². The van der Waals surface area contributed by atoms with Gasteiger partial charge in [-0.2, -0.15) is 0 Å². The first-order chi connectivity index (χ1) is 7.43. The molecule has 0 radical (unpaired) electrons. The summed E-state index contributed by atoms with van der Waals surface area (Å²) in [6.45, 7) is 6.17. The molecule has 16 heavy (non-hydrogen) atoms. The number of nitrogens with zero attached hydrogens (tertiary/aromatic N) is 1. The lowest BCUT2D eigenvalue weighted by Gasteiger charge is -2.24. The van der Waals surface area contributed by atoms with E-state index in [1.54, 1.807) is 0 Å². The first-order valence-electron chi connectivity index (χ1n) is 6.36. The van der Waals surface area contributed by atoms with E-state index in [-0.39, 0.29) is 17.0 Å². The van der Waals surface area contributed by atoms with Gasteiger partial charge in [0.15, 0.2) is 0 Å². The van der Waals surface area contributed by atoms with Crippen molar-refractivity contribution < 1.29 is 4.79 Å². The standard InChI is InChI=1S/C13H22N2O/c1-12(2,3)10-11(16)15-13(14-10)8-6-4-5-7-9-13/h4-9H2,1-3H3,(H,15,16). The fourth-order valence-electron chi connectivity index (χ4n) is 2.62. The third kappa shape index (κ3) is 2.13. The zero-order valence-corrected chi connectivity index (χ0v) is 10.6. The van der Waals surface area contributed by atoms with Gasteiger partial charge in [0.1, 0.15) is 11.4 Å². The van der Waals surface area contributed by atoms with Crippen LogP contribution in [0.2, 0.25) is 0 Å². The number of aliphatic imine (C=N–C) groups is 1. The Labute approximate surface area is 97.7 Å². The van der Waals surface area contributed by atoms with Crippen molar-refractivity contribution in [2.75, 3.05) is 0 Å². The van der Waals surface area contributed by atoms with Crippen molar-refractivity contribution >= 4 is 11.6 Å². The number of hydrogen-bond donors (Lipinski definition) is 1. The zero-order chi connectivity index (χ0) is 11.8. The van der Waals surface area contributed by atoms with Crippen molar-refractivity contribution in [3.8, 4) is 0 Å². The Balaban J connectivity index is 2.25. The van der Waals surface area contributed by atoms with Crippen molar-refractivity contribution in [3.05, 3.63) is 0 Å². The first-order valence-corrected chi connectivity index (χ1v) is 6.36. The minimum Gasteiger partial charge on any atom is -0.327 e. The van der Waals surface area contributed by atoms with E-state index in [9.17, 15) is 4.79 Å². The van der Waals surface area contributed by atoms with Crippen LogP contribution in [0.5, 0.6) is 0 Å². The molecule has 2 aliphatic rings. The SMILES string of the molecule is CC(C)(C)C1=NC2(CCCCCC2)NC1=O. The molecule has 3 heteroatoms. The molecule has 0 bridgehead atoms. The fraction of sp³-hybridized carbons (Fsp3) is 0.846. The quantitative estimate of drug-likeness (QED) is 0.672. The van der Waals surface area contributed by atoms with Gasteiger partial charge in [-0.05, 0) is 25.7 Å². The highest BCUT2D eigenvalue weighted by Crippen LogP contribution is 2.34. The lowest BCUT2D eigenvalue weighted by atomic mass is 9.90. The molecule has 0 aromatic heterocycles. The molecule has 1 fully saturated rings. The molecule has 90 valence electrons. The second-order valence-corrected chi connectivity index (χ2v) is 6.11. The summed E-state index contributed by atoms with van der Waals surface area (Å²) in [6.07, 6.45) is 6.94. The number of rotatable bonds is 0. The van der Waals surface area contributed by atoms with Crippen LogP contribution in [-0.4, -0.2) is 17.3 Å². The molecule has 0 aromatic carbocycles. The summed E-state index contributed by atoms with van der Waals surface area (Å²) < 4.78 is 0. The Morgan fingerprint density at radius 1 is 1.12 bits per heavy atom. The van der Waals surface area contributed by atoms with Crippen molar-refractivity contribution in [1.82, 2.24) is 5.32 Å². The fourth-order valence-corrected chi connectivity index (χ4v) is 2.62. The smallest absolute Gasteiger partial charge is 0.267 e. The number of amides is 1.